The van der Waals surface area contributed by atoms with Gasteiger partial charge in [0.2, 0.25) is 0 Å². The van der Waals surface area contributed by atoms with Gasteiger partial charge >= 0.3 is 0 Å². The van der Waals surface area contributed by atoms with Crippen molar-refractivity contribution < 1.29 is 27.4 Å². The number of aryl methyl sites for hydroxylation is 1. The first-order chi connectivity index (χ1) is 16.8. The average molecular weight is 497 g/mol. The maximum absolute atomic E-state index is 13.7. The fourth-order valence-corrected chi connectivity index (χ4v) is 5.42. The van der Waals surface area contributed by atoms with Gasteiger partial charge in [0.05, 0.1) is 45.1 Å². The van der Waals surface area contributed by atoms with Gasteiger partial charge in [0.1, 0.15) is 11.5 Å². The van der Waals surface area contributed by atoms with E-state index in [0.717, 1.165) is 11.1 Å². The standard InChI is InChI=1S/C26H28N2O6S/c1-17-6-9-22(10-7-17)35(29,30)28-24(18-8-11-25(33-4)26(14-18)34-5)16-23(27-28)19-12-20(31-2)15-21(13-19)32-3/h6-15,24H,16H2,1-5H3/t24-/m0/s1. The molecule has 1 aliphatic heterocycles. The summed E-state index contributed by atoms with van der Waals surface area (Å²) in [7, 11) is 2.28. The second-order valence-corrected chi connectivity index (χ2v) is 9.87. The summed E-state index contributed by atoms with van der Waals surface area (Å²) >= 11 is 0. The van der Waals surface area contributed by atoms with Crippen LogP contribution >= 0.6 is 0 Å². The zero-order chi connectivity index (χ0) is 25.2. The SMILES string of the molecule is COc1cc(OC)cc(C2=NN(S(=O)(=O)c3ccc(C)cc3)[C@H](c3ccc(OC)c(OC)c3)C2)c1. The number of hydrazone groups is 1. The monoisotopic (exact) mass is 496 g/mol. The van der Waals surface area contributed by atoms with Crippen LogP contribution in [0.15, 0.2) is 70.7 Å². The molecule has 0 aliphatic carbocycles. The van der Waals surface area contributed by atoms with E-state index in [2.05, 4.69) is 5.10 Å². The minimum Gasteiger partial charge on any atom is -0.497 e. The molecule has 3 aromatic rings. The van der Waals surface area contributed by atoms with E-state index in [9.17, 15) is 8.42 Å². The van der Waals surface area contributed by atoms with Crippen molar-refractivity contribution in [2.75, 3.05) is 28.4 Å². The van der Waals surface area contributed by atoms with Crippen LogP contribution < -0.4 is 18.9 Å². The van der Waals surface area contributed by atoms with Crippen molar-refractivity contribution in [3.8, 4) is 23.0 Å². The molecule has 1 atom stereocenters. The fourth-order valence-electron chi connectivity index (χ4n) is 3.99. The van der Waals surface area contributed by atoms with E-state index in [1.54, 1.807) is 70.9 Å². The summed E-state index contributed by atoms with van der Waals surface area (Å²) in [6.07, 6.45) is 0.344. The molecule has 184 valence electrons. The summed E-state index contributed by atoms with van der Waals surface area (Å²) in [5, 5.41) is 4.61. The van der Waals surface area contributed by atoms with Crippen LogP contribution in [-0.2, 0) is 10.0 Å². The lowest BCUT2D eigenvalue weighted by Crippen LogP contribution is -2.27. The normalized spacial score (nSPS) is 15.5. The highest BCUT2D eigenvalue weighted by Gasteiger charge is 2.38. The maximum atomic E-state index is 13.7. The van der Waals surface area contributed by atoms with Gasteiger partial charge in [-0.05, 0) is 48.9 Å². The van der Waals surface area contributed by atoms with Crippen LogP contribution in [0, 0.1) is 6.92 Å². The van der Waals surface area contributed by atoms with E-state index in [1.165, 1.54) is 4.41 Å². The molecule has 3 aromatic carbocycles. The van der Waals surface area contributed by atoms with Gasteiger partial charge in [-0.15, -0.1) is 0 Å². The molecular weight excluding hydrogens is 468 g/mol. The van der Waals surface area contributed by atoms with E-state index in [0.29, 0.717) is 40.7 Å². The average Bonchev–Trinajstić information content (AvgIpc) is 3.34. The largest absolute Gasteiger partial charge is 0.497 e. The van der Waals surface area contributed by atoms with Crippen molar-refractivity contribution in [2.24, 2.45) is 5.10 Å². The second-order valence-electron chi connectivity index (χ2n) is 8.07. The molecule has 0 aromatic heterocycles. The van der Waals surface area contributed by atoms with Crippen LogP contribution in [-0.4, -0.2) is 47.0 Å². The third kappa shape index (κ3) is 4.77. The number of nitrogens with zero attached hydrogens (tertiary/aromatic N) is 2. The van der Waals surface area contributed by atoms with Gasteiger partial charge in [0.25, 0.3) is 10.0 Å². The summed E-state index contributed by atoms with van der Waals surface area (Å²) in [4.78, 5) is 0.168. The first-order valence-electron chi connectivity index (χ1n) is 10.9. The lowest BCUT2D eigenvalue weighted by molar-refractivity contribution is 0.348. The van der Waals surface area contributed by atoms with Gasteiger partial charge in [-0.25, -0.2) is 0 Å². The quantitative estimate of drug-likeness (QED) is 0.454. The molecule has 0 N–H and O–H groups in total. The lowest BCUT2D eigenvalue weighted by Gasteiger charge is -2.24. The Bertz CT molecular complexity index is 1330. The summed E-state index contributed by atoms with van der Waals surface area (Å²) in [5.74, 6) is 2.24. The highest BCUT2D eigenvalue weighted by molar-refractivity contribution is 7.89. The third-order valence-electron chi connectivity index (χ3n) is 5.91. The van der Waals surface area contributed by atoms with Crippen molar-refractivity contribution in [3.05, 3.63) is 77.4 Å². The zero-order valence-electron chi connectivity index (χ0n) is 20.3. The summed E-state index contributed by atoms with van der Waals surface area (Å²) in [6, 6.07) is 16.9. The van der Waals surface area contributed by atoms with Crippen LogP contribution in [0.4, 0.5) is 0 Å². The Morgan fingerprint density at radius 2 is 1.43 bits per heavy atom. The molecule has 0 unspecified atom stereocenters. The van der Waals surface area contributed by atoms with Crippen molar-refractivity contribution in [2.45, 2.75) is 24.3 Å². The Morgan fingerprint density at radius 3 is 2.00 bits per heavy atom. The third-order valence-corrected chi connectivity index (χ3v) is 7.61. The van der Waals surface area contributed by atoms with Crippen LogP contribution in [0.25, 0.3) is 0 Å². The van der Waals surface area contributed by atoms with Gasteiger partial charge in [-0.1, -0.05) is 23.8 Å². The Hall–Kier alpha value is -3.72. The summed E-state index contributed by atoms with van der Waals surface area (Å²) in [5.41, 5.74) is 3.01. The molecule has 0 saturated heterocycles. The van der Waals surface area contributed by atoms with E-state index in [4.69, 9.17) is 18.9 Å². The minimum atomic E-state index is -3.95. The predicted octanol–water partition coefficient (Wildman–Crippen LogP) is 4.57. The highest BCUT2D eigenvalue weighted by atomic mass is 32.2. The smallest absolute Gasteiger partial charge is 0.279 e. The molecule has 0 saturated carbocycles. The van der Waals surface area contributed by atoms with Gasteiger partial charge in [-0.2, -0.15) is 17.9 Å². The molecule has 0 radical (unpaired) electrons. The second kappa shape index (κ2) is 9.87. The fraction of sp³-hybridized carbons (Fsp3) is 0.269. The van der Waals surface area contributed by atoms with E-state index in [-0.39, 0.29) is 4.90 Å². The molecule has 0 fully saturated rings. The number of rotatable bonds is 8. The van der Waals surface area contributed by atoms with Crippen LogP contribution in [0.5, 0.6) is 23.0 Å². The number of sulfonamides is 1. The number of methoxy groups -OCH3 is 4. The van der Waals surface area contributed by atoms with Crippen molar-refractivity contribution >= 4 is 15.7 Å². The maximum Gasteiger partial charge on any atom is 0.279 e. The van der Waals surface area contributed by atoms with E-state index < -0.39 is 16.1 Å². The van der Waals surface area contributed by atoms with E-state index in [1.807, 2.05) is 25.1 Å². The Morgan fingerprint density at radius 1 is 0.800 bits per heavy atom. The summed E-state index contributed by atoms with van der Waals surface area (Å²) < 4.78 is 50.3. The van der Waals surface area contributed by atoms with Gasteiger partial charge < -0.3 is 18.9 Å². The highest BCUT2D eigenvalue weighted by Crippen LogP contribution is 2.40. The Labute approximate surface area is 205 Å². The zero-order valence-corrected chi connectivity index (χ0v) is 21.1. The first-order valence-corrected chi connectivity index (χ1v) is 12.4. The molecule has 9 heteroatoms. The van der Waals surface area contributed by atoms with Crippen molar-refractivity contribution in [1.82, 2.24) is 4.41 Å². The number of ether oxygens (including phenoxy) is 4. The molecule has 0 bridgehead atoms. The Kier molecular flexibility index (Phi) is 6.88. The van der Waals surface area contributed by atoms with Crippen LogP contribution in [0.1, 0.15) is 29.2 Å². The number of hydrogen-bond donors (Lipinski definition) is 0. The van der Waals surface area contributed by atoms with Gasteiger partial charge in [0.15, 0.2) is 11.5 Å². The molecule has 1 aliphatic rings. The van der Waals surface area contributed by atoms with E-state index >= 15 is 0 Å². The van der Waals surface area contributed by atoms with Crippen LogP contribution in [0.3, 0.4) is 0 Å². The minimum absolute atomic E-state index is 0.168. The topological polar surface area (TPSA) is 86.7 Å². The predicted molar refractivity (Wildman–Crippen MR) is 133 cm³/mol. The molecule has 0 amide bonds. The van der Waals surface area contributed by atoms with Crippen molar-refractivity contribution in [1.29, 1.82) is 0 Å². The molecule has 4 rings (SSSR count). The van der Waals surface area contributed by atoms with Gasteiger partial charge in [-0.3, -0.25) is 0 Å². The van der Waals surface area contributed by atoms with Crippen LogP contribution in [0.2, 0.25) is 0 Å². The summed E-state index contributed by atoms with van der Waals surface area (Å²) in [6.45, 7) is 1.91. The number of benzene rings is 3. The number of hydrogen-bond acceptors (Lipinski definition) is 7. The van der Waals surface area contributed by atoms with Gasteiger partial charge in [0, 0.05) is 18.1 Å². The Balaban J connectivity index is 1.84. The lowest BCUT2D eigenvalue weighted by atomic mass is 9.98. The molecule has 1 heterocycles. The molecule has 35 heavy (non-hydrogen) atoms. The molecule has 0 spiro atoms. The first kappa shape index (κ1) is 24.4. The van der Waals surface area contributed by atoms with Crippen molar-refractivity contribution in [3.63, 3.8) is 0 Å². The molecular formula is C26H28N2O6S. The molecule has 8 nitrogen and oxygen atoms in total.